The number of thioether (sulfide) groups is 1. The molecule has 1 atom stereocenters. The van der Waals surface area contributed by atoms with Crippen molar-refractivity contribution >= 4 is 23.3 Å². The van der Waals surface area contributed by atoms with Crippen LogP contribution in [0.3, 0.4) is 0 Å². The fraction of sp³-hybridized carbons (Fsp3) is 0.188. The lowest BCUT2D eigenvalue weighted by molar-refractivity contribution is 0.708. The van der Waals surface area contributed by atoms with Crippen LogP contribution in [0, 0.1) is 0 Å². The Morgan fingerprint density at radius 2 is 1.80 bits per heavy atom. The van der Waals surface area contributed by atoms with Crippen molar-refractivity contribution in [2.75, 3.05) is 11.3 Å². The molecule has 0 spiro atoms. The Kier molecular flexibility index (Phi) is 3.65. The number of hydrogen-bond donors (Lipinski definition) is 1. The number of benzene rings is 2. The highest BCUT2D eigenvalue weighted by Gasteiger charge is 2.27. The summed E-state index contributed by atoms with van der Waals surface area (Å²) in [6.07, 6.45) is 2.86. The SMILES string of the molecule is CSc1ccc(C2CC(N)=NN2c2ccccc2)cc1. The van der Waals surface area contributed by atoms with Gasteiger partial charge in [0.05, 0.1) is 11.7 Å². The number of hydrazone groups is 1. The van der Waals surface area contributed by atoms with Gasteiger partial charge in [0.1, 0.15) is 5.84 Å². The molecule has 0 radical (unpaired) electrons. The molecule has 1 unspecified atom stereocenters. The Hall–Kier alpha value is -1.94. The van der Waals surface area contributed by atoms with Gasteiger partial charge in [-0.2, -0.15) is 5.10 Å². The van der Waals surface area contributed by atoms with Gasteiger partial charge < -0.3 is 5.73 Å². The first-order valence-electron chi connectivity index (χ1n) is 6.59. The standard InChI is InChI=1S/C16H17N3S/c1-20-14-9-7-12(8-10-14)15-11-16(17)18-19(15)13-5-3-2-4-6-13/h2-10,15H,11H2,1H3,(H2,17,18). The van der Waals surface area contributed by atoms with Gasteiger partial charge in [-0.15, -0.1) is 11.8 Å². The molecule has 102 valence electrons. The molecule has 20 heavy (non-hydrogen) atoms. The molecule has 2 N–H and O–H groups in total. The van der Waals surface area contributed by atoms with Crippen molar-refractivity contribution in [3.8, 4) is 0 Å². The fourth-order valence-corrected chi connectivity index (χ4v) is 2.85. The third-order valence-corrected chi connectivity index (χ3v) is 4.20. The third-order valence-electron chi connectivity index (χ3n) is 3.46. The van der Waals surface area contributed by atoms with Crippen LogP contribution in [0.15, 0.2) is 64.6 Å². The number of nitrogens with zero attached hydrogens (tertiary/aromatic N) is 2. The van der Waals surface area contributed by atoms with Crippen LogP contribution in [-0.2, 0) is 0 Å². The summed E-state index contributed by atoms with van der Waals surface area (Å²) in [6, 6.07) is 19.0. The van der Waals surface area contributed by atoms with E-state index >= 15 is 0 Å². The maximum absolute atomic E-state index is 5.95. The number of nitrogens with two attached hydrogens (primary N) is 1. The van der Waals surface area contributed by atoms with E-state index in [4.69, 9.17) is 5.73 Å². The van der Waals surface area contributed by atoms with E-state index < -0.39 is 0 Å². The minimum atomic E-state index is 0.188. The Morgan fingerprint density at radius 1 is 1.10 bits per heavy atom. The molecule has 4 heteroatoms. The average Bonchev–Trinajstić information content (AvgIpc) is 2.90. The van der Waals surface area contributed by atoms with E-state index in [9.17, 15) is 0 Å². The minimum absolute atomic E-state index is 0.188. The molecule has 3 nitrogen and oxygen atoms in total. The van der Waals surface area contributed by atoms with Crippen LogP contribution in [0.2, 0.25) is 0 Å². The van der Waals surface area contributed by atoms with Crippen LogP contribution in [0.5, 0.6) is 0 Å². The van der Waals surface area contributed by atoms with E-state index in [2.05, 4.69) is 47.8 Å². The first-order valence-corrected chi connectivity index (χ1v) is 7.81. The molecule has 0 amide bonds. The molecule has 0 aliphatic carbocycles. The van der Waals surface area contributed by atoms with Gasteiger partial charge in [-0.25, -0.2) is 0 Å². The molecule has 0 saturated heterocycles. The number of hydrogen-bond acceptors (Lipinski definition) is 4. The quantitative estimate of drug-likeness (QED) is 0.875. The first-order chi connectivity index (χ1) is 9.78. The number of rotatable bonds is 3. The highest BCUT2D eigenvalue weighted by atomic mass is 32.2. The van der Waals surface area contributed by atoms with Crippen molar-refractivity contribution in [1.29, 1.82) is 0 Å². The van der Waals surface area contributed by atoms with Crippen LogP contribution >= 0.6 is 11.8 Å². The third kappa shape index (κ3) is 2.51. The van der Waals surface area contributed by atoms with Crippen molar-refractivity contribution in [1.82, 2.24) is 0 Å². The lowest BCUT2D eigenvalue weighted by Crippen LogP contribution is -2.18. The van der Waals surface area contributed by atoms with E-state index in [1.54, 1.807) is 11.8 Å². The largest absolute Gasteiger partial charge is 0.386 e. The summed E-state index contributed by atoms with van der Waals surface area (Å²) in [4.78, 5) is 1.27. The van der Waals surface area contributed by atoms with Gasteiger partial charge >= 0.3 is 0 Å². The van der Waals surface area contributed by atoms with E-state index in [0.29, 0.717) is 5.84 Å². The zero-order valence-corrected chi connectivity index (χ0v) is 12.2. The molecule has 1 heterocycles. The zero-order valence-electron chi connectivity index (χ0n) is 11.4. The Labute approximate surface area is 123 Å². The van der Waals surface area contributed by atoms with Gasteiger partial charge in [0.2, 0.25) is 0 Å². The van der Waals surface area contributed by atoms with Gasteiger partial charge in [-0.3, -0.25) is 5.01 Å². The molecular formula is C16H17N3S. The van der Waals surface area contributed by atoms with Crippen LogP contribution < -0.4 is 10.7 Å². The van der Waals surface area contributed by atoms with Crippen molar-refractivity contribution in [3.05, 3.63) is 60.2 Å². The zero-order chi connectivity index (χ0) is 13.9. The maximum Gasteiger partial charge on any atom is 0.122 e. The number of amidine groups is 1. The van der Waals surface area contributed by atoms with Gasteiger partial charge in [-0.05, 0) is 36.1 Å². The Bertz CT molecular complexity index is 607. The van der Waals surface area contributed by atoms with E-state index in [1.807, 2.05) is 23.2 Å². The molecule has 2 aromatic rings. The topological polar surface area (TPSA) is 41.6 Å². The molecular weight excluding hydrogens is 266 g/mol. The summed E-state index contributed by atoms with van der Waals surface area (Å²) in [5.41, 5.74) is 8.27. The summed E-state index contributed by atoms with van der Waals surface area (Å²) in [6.45, 7) is 0. The van der Waals surface area contributed by atoms with Crippen LogP contribution in [0.1, 0.15) is 18.0 Å². The Balaban J connectivity index is 1.92. The van der Waals surface area contributed by atoms with Crippen molar-refractivity contribution in [3.63, 3.8) is 0 Å². The highest BCUT2D eigenvalue weighted by molar-refractivity contribution is 7.98. The van der Waals surface area contributed by atoms with E-state index in [1.165, 1.54) is 10.5 Å². The summed E-state index contributed by atoms with van der Waals surface area (Å²) in [5.74, 6) is 0.688. The second kappa shape index (κ2) is 5.59. The summed E-state index contributed by atoms with van der Waals surface area (Å²) >= 11 is 1.75. The smallest absolute Gasteiger partial charge is 0.122 e. The maximum atomic E-state index is 5.95. The predicted octanol–water partition coefficient (Wildman–Crippen LogP) is 3.63. The summed E-state index contributed by atoms with van der Waals surface area (Å²) in [7, 11) is 0. The van der Waals surface area contributed by atoms with Gasteiger partial charge in [0.25, 0.3) is 0 Å². The fourth-order valence-electron chi connectivity index (χ4n) is 2.44. The molecule has 1 aliphatic heterocycles. The predicted molar refractivity (Wildman–Crippen MR) is 86.1 cm³/mol. The van der Waals surface area contributed by atoms with E-state index in [0.717, 1.165) is 12.1 Å². The molecule has 2 aromatic carbocycles. The lowest BCUT2D eigenvalue weighted by Gasteiger charge is -2.23. The summed E-state index contributed by atoms with van der Waals surface area (Å²) < 4.78 is 0. The lowest BCUT2D eigenvalue weighted by atomic mass is 10.0. The molecule has 0 aromatic heterocycles. The average molecular weight is 283 g/mol. The molecule has 0 saturated carbocycles. The van der Waals surface area contributed by atoms with Crippen molar-refractivity contribution in [2.45, 2.75) is 17.4 Å². The van der Waals surface area contributed by atoms with Gasteiger partial charge in [0.15, 0.2) is 0 Å². The monoisotopic (exact) mass is 283 g/mol. The minimum Gasteiger partial charge on any atom is -0.386 e. The van der Waals surface area contributed by atoms with Crippen molar-refractivity contribution < 1.29 is 0 Å². The number of anilines is 1. The van der Waals surface area contributed by atoms with Gasteiger partial charge in [-0.1, -0.05) is 30.3 Å². The first kappa shape index (κ1) is 13.1. The van der Waals surface area contributed by atoms with Gasteiger partial charge in [0, 0.05) is 11.3 Å². The molecule has 1 aliphatic rings. The van der Waals surface area contributed by atoms with Crippen LogP contribution in [-0.4, -0.2) is 12.1 Å². The normalized spacial score (nSPS) is 18.1. The molecule has 3 rings (SSSR count). The second-order valence-electron chi connectivity index (χ2n) is 4.76. The van der Waals surface area contributed by atoms with Crippen molar-refractivity contribution in [2.24, 2.45) is 10.8 Å². The highest BCUT2D eigenvalue weighted by Crippen LogP contribution is 2.34. The summed E-state index contributed by atoms with van der Waals surface area (Å²) in [5, 5.41) is 6.50. The Morgan fingerprint density at radius 3 is 2.45 bits per heavy atom. The second-order valence-corrected chi connectivity index (χ2v) is 5.64. The molecule has 0 bridgehead atoms. The molecule has 0 fully saturated rings. The number of para-hydroxylation sites is 1. The van der Waals surface area contributed by atoms with Crippen LogP contribution in [0.4, 0.5) is 5.69 Å². The van der Waals surface area contributed by atoms with E-state index in [-0.39, 0.29) is 6.04 Å². The van der Waals surface area contributed by atoms with Crippen LogP contribution in [0.25, 0.3) is 0 Å².